The molecular formula is C21H26N2O3S. The van der Waals surface area contributed by atoms with Crippen LogP contribution in [-0.2, 0) is 10.0 Å². The molecule has 0 aliphatic carbocycles. The molecule has 27 heavy (non-hydrogen) atoms. The van der Waals surface area contributed by atoms with E-state index in [1.807, 2.05) is 56.0 Å². The molecular weight excluding hydrogens is 360 g/mol. The van der Waals surface area contributed by atoms with Crippen LogP contribution in [-0.4, -0.2) is 39.4 Å². The highest BCUT2D eigenvalue weighted by Gasteiger charge is 2.15. The minimum Gasteiger partial charge on any atom is -0.497 e. The fourth-order valence-electron chi connectivity index (χ4n) is 2.51. The van der Waals surface area contributed by atoms with Crippen LogP contribution in [0.4, 0.5) is 0 Å². The average Bonchev–Trinajstić information content (AvgIpc) is 2.67. The van der Waals surface area contributed by atoms with Crippen LogP contribution in [0.3, 0.4) is 0 Å². The van der Waals surface area contributed by atoms with Gasteiger partial charge in [0.2, 0.25) is 0 Å². The quantitative estimate of drug-likeness (QED) is 0.530. The largest absolute Gasteiger partial charge is 0.497 e. The first-order chi connectivity index (χ1) is 12.9. The molecule has 6 heteroatoms. The number of methoxy groups -OCH3 is 1. The van der Waals surface area contributed by atoms with Gasteiger partial charge in [-0.05, 0) is 56.7 Å². The lowest BCUT2D eigenvalue weighted by molar-refractivity contribution is 0.415. The van der Waals surface area contributed by atoms with Crippen LogP contribution >= 0.6 is 0 Å². The fraction of sp³-hybridized carbons (Fsp3) is 0.286. The van der Waals surface area contributed by atoms with Crippen LogP contribution in [0.15, 0.2) is 63.9 Å². The molecule has 0 saturated heterocycles. The third-order valence-corrected chi connectivity index (χ3v) is 5.46. The van der Waals surface area contributed by atoms with E-state index in [1.165, 1.54) is 0 Å². The van der Waals surface area contributed by atoms with Crippen molar-refractivity contribution in [2.45, 2.75) is 25.7 Å². The van der Waals surface area contributed by atoms with Gasteiger partial charge in [-0.3, -0.25) is 0 Å². The zero-order valence-electron chi connectivity index (χ0n) is 16.2. The van der Waals surface area contributed by atoms with Gasteiger partial charge in [0.05, 0.1) is 12.0 Å². The topological polar surface area (TPSA) is 59.0 Å². The first-order valence-corrected chi connectivity index (χ1v) is 10.3. The maximum absolute atomic E-state index is 12.7. The molecule has 5 nitrogen and oxygen atoms in total. The van der Waals surface area contributed by atoms with Crippen molar-refractivity contribution in [1.29, 1.82) is 0 Å². The Morgan fingerprint density at radius 3 is 2.15 bits per heavy atom. The van der Waals surface area contributed by atoms with E-state index in [0.29, 0.717) is 18.9 Å². The smallest absolute Gasteiger partial charge is 0.284 e. The zero-order chi connectivity index (χ0) is 19.9. The first kappa shape index (κ1) is 20.7. The molecule has 0 amide bonds. The number of rotatable bonds is 7. The van der Waals surface area contributed by atoms with Gasteiger partial charge in [-0.1, -0.05) is 35.9 Å². The summed E-state index contributed by atoms with van der Waals surface area (Å²) >= 11 is 0. The third-order valence-electron chi connectivity index (χ3n) is 4.16. The molecule has 0 spiro atoms. The van der Waals surface area contributed by atoms with Gasteiger partial charge in [0.25, 0.3) is 10.0 Å². The molecule has 0 atom stereocenters. The molecule has 0 bridgehead atoms. The van der Waals surface area contributed by atoms with E-state index in [2.05, 4.69) is 4.40 Å². The molecule has 0 aromatic heterocycles. The summed E-state index contributed by atoms with van der Waals surface area (Å²) in [7, 11) is -2.16. The molecule has 0 N–H and O–H groups in total. The Morgan fingerprint density at radius 1 is 1.04 bits per heavy atom. The molecule has 0 unspecified atom stereocenters. The summed E-state index contributed by atoms with van der Waals surface area (Å²) in [5.41, 5.74) is 1.93. The molecule has 0 heterocycles. The van der Waals surface area contributed by atoms with Gasteiger partial charge < -0.3 is 9.64 Å². The second-order valence-corrected chi connectivity index (χ2v) is 7.62. The van der Waals surface area contributed by atoms with Crippen molar-refractivity contribution in [2.24, 2.45) is 4.40 Å². The lowest BCUT2D eigenvalue weighted by Gasteiger charge is -2.20. The predicted molar refractivity (Wildman–Crippen MR) is 111 cm³/mol. The summed E-state index contributed by atoms with van der Waals surface area (Å²) < 4.78 is 34.7. The molecule has 0 radical (unpaired) electrons. The van der Waals surface area contributed by atoms with Crippen LogP contribution in [0, 0.1) is 6.92 Å². The maximum atomic E-state index is 12.7. The Balaban J connectivity index is 2.39. The van der Waals surface area contributed by atoms with Gasteiger partial charge >= 0.3 is 0 Å². The maximum Gasteiger partial charge on any atom is 0.284 e. The Morgan fingerprint density at radius 2 is 1.63 bits per heavy atom. The van der Waals surface area contributed by atoms with E-state index in [1.54, 1.807) is 37.5 Å². The molecule has 0 saturated carbocycles. The number of ether oxygens (including phenoxy) is 1. The summed E-state index contributed by atoms with van der Waals surface area (Å²) in [5, 5.41) is 0. The molecule has 0 aliphatic heterocycles. The van der Waals surface area contributed by atoms with E-state index >= 15 is 0 Å². The standard InChI is InChI=1S/C21H26N2O3S/c1-5-23(6-2)21(16-11-18-9-12-19(26-4)13-10-18)22-27(24,25)20-14-7-17(3)8-15-20/h7-16H,5-6H2,1-4H3/b16-11+,22-21-. The number of benzene rings is 2. The van der Waals surface area contributed by atoms with Crippen molar-refractivity contribution in [3.05, 3.63) is 65.7 Å². The summed E-state index contributed by atoms with van der Waals surface area (Å²) in [6.07, 6.45) is 3.59. The van der Waals surface area contributed by atoms with Gasteiger partial charge in [0.15, 0.2) is 0 Å². The van der Waals surface area contributed by atoms with Crippen LogP contribution in [0.2, 0.25) is 0 Å². The SMILES string of the molecule is CCN(CC)C(/C=C/c1ccc(OC)cc1)=N\S(=O)(=O)c1ccc(C)cc1. The van der Waals surface area contributed by atoms with Gasteiger partial charge in [-0.15, -0.1) is 4.40 Å². The van der Waals surface area contributed by atoms with E-state index in [9.17, 15) is 8.42 Å². The van der Waals surface area contributed by atoms with Crippen molar-refractivity contribution < 1.29 is 13.2 Å². The van der Waals surface area contributed by atoms with Crippen LogP contribution < -0.4 is 4.74 Å². The minimum atomic E-state index is -3.78. The number of hydrogen-bond acceptors (Lipinski definition) is 3. The summed E-state index contributed by atoms with van der Waals surface area (Å²) in [6.45, 7) is 7.17. The highest BCUT2D eigenvalue weighted by Crippen LogP contribution is 2.16. The van der Waals surface area contributed by atoms with Crippen LogP contribution in [0.25, 0.3) is 6.08 Å². The number of aryl methyl sites for hydroxylation is 1. The average molecular weight is 387 g/mol. The van der Waals surface area contributed by atoms with Crippen molar-refractivity contribution in [3.8, 4) is 5.75 Å². The van der Waals surface area contributed by atoms with Gasteiger partial charge in [-0.25, -0.2) is 0 Å². The number of likely N-dealkylation sites (N-methyl/N-ethyl adjacent to an activating group) is 1. The normalized spacial score (nSPS) is 12.4. The Kier molecular flexibility index (Phi) is 7.19. The predicted octanol–water partition coefficient (Wildman–Crippen LogP) is 4.15. The van der Waals surface area contributed by atoms with Gasteiger partial charge in [-0.2, -0.15) is 8.42 Å². The summed E-state index contributed by atoms with van der Waals surface area (Å²) in [6, 6.07) is 14.2. The lowest BCUT2D eigenvalue weighted by atomic mass is 10.2. The number of nitrogens with zero attached hydrogens (tertiary/aromatic N) is 2. The van der Waals surface area contributed by atoms with E-state index in [-0.39, 0.29) is 4.90 Å². The molecule has 2 aromatic carbocycles. The van der Waals surface area contributed by atoms with E-state index in [4.69, 9.17) is 4.74 Å². The Bertz CT molecular complexity index is 895. The van der Waals surface area contributed by atoms with E-state index < -0.39 is 10.0 Å². The van der Waals surface area contributed by atoms with Gasteiger partial charge in [0, 0.05) is 13.1 Å². The summed E-state index contributed by atoms with van der Waals surface area (Å²) in [5.74, 6) is 1.18. The fourth-order valence-corrected chi connectivity index (χ4v) is 3.52. The van der Waals surface area contributed by atoms with Crippen LogP contribution in [0.5, 0.6) is 5.75 Å². The summed E-state index contributed by atoms with van der Waals surface area (Å²) in [4.78, 5) is 2.10. The Labute approximate surface area is 162 Å². The monoisotopic (exact) mass is 386 g/mol. The van der Waals surface area contributed by atoms with Crippen LogP contribution in [0.1, 0.15) is 25.0 Å². The highest BCUT2D eigenvalue weighted by molar-refractivity contribution is 7.90. The second kappa shape index (κ2) is 9.37. The van der Waals surface area contributed by atoms with Gasteiger partial charge in [0.1, 0.15) is 11.6 Å². The van der Waals surface area contributed by atoms with Crippen molar-refractivity contribution >= 4 is 21.9 Å². The minimum absolute atomic E-state index is 0.190. The van der Waals surface area contributed by atoms with Crippen molar-refractivity contribution in [2.75, 3.05) is 20.2 Å². The zero-order valence-corrected chi connectivity index (χ0v) is 17.0. The molecule has 144 valence electrons. The highest BCUT2D eigenvalue weighted by atomic mass is 32.2. The number of amidine groups is 1. The lowest BCUT2D eigenvalue weighted by Crippen LogP contribution is -2.30. The molecule has 0 aliphatic rings. The molecule has 0 fully saturated rings. The Hall–Kier alpha value is -2.60. The second-order valence-electron chi connectivity index (χ2n) is 6.02. The number of hydrogen-bond donors (Lipinski definition) is 0. The number of sulfonamides is 1. The van der Waals surface area contributed by atoms with Crippen molar-refractivity contribution in [1.82, 2.24) is 4.90 Å². The molecule has 2 rings (SSSR count). The third kappa shape index (κ3) is 5.69. The van der Waals surface area contributed by atoms with Crippen molar-refractivity contribution in [3.63, 3.8) is 0 Å². The molecule has 2 aromatic rings. The van der Waals surface area contributed by atoms with E-state index in [0.717, 1.165) is 16.9 Å². The first-order valence-electron chi connectivity index (χ1n) is 8.88.